The minimum Gasteiger partial charge on any atom is -0.480 e. The van der Waals surface area contributed by atoms with E-state index in [0.717, 1.165) is 5.69 Å². The molecule has 1 aromatic carbocycles. The summed E-state index contributed by atoms with van der Waals surface area (Å²) >= 11 is 4.94. The number of hydrogen-bond donors (Lipinski definition) is 4. The van der Waals surface area contributed by atoms with Crippen molar-refractivity contribution in [3.8, 4) is 0 Å². The Morgan fingerprint density at radius 3 is 2.39 bits per heavy atom. The summed E-state index contributed by atoms with van der Waals surface area (Å²) < 4.78 is 0. The first-order valence-electron chi connectivity index (χ1n) is 5.11. The second-order valence-electron chi connectivity index (χ2n) is 3.47. The first kappa shape index (κ1) is 14.1. The van der Waals surface area contributed by atoms with Gasteiger partial charge in [0.25, 0.3) is 0 Å². The van der Waals surface area contributed by atoms with Crippen molar-refractivity contribution in [1.82, 2.24) is 10.9 Å². The molecule has 18 heavy (non-hydrogen) atoms. The minimum atomic E-state index is -1.33. The SMILES string of the molecule is CC(=O)C(NNC(=S)Nc1ccccc1)C(=O)O. The van der Waals surface area contributed by atoms with E-state index in [4.69, 9.17) is 17.3 Å². The Morgan fingerprint density at radius 1 is 1.28 bits per heavy atom. The lowest BCUT2D eigenvalue weighted by atomic mass is 10.2. The summed E-state index contributed by atoms with van der Waals surface area (Å²) in [4.78, 5) is 21.7. The maximum atomic E-state index is 11.0. The predicted molar refractivity (Wildman–Crippen MR) is 71.0 cm³/mol. The molecule has 4 N–H and O–H groups in total. The molecule has 0 saturated heterocycles. The quantitative estimate of drug-likeness (QED) is 0.351. The first-order valence-corrected chi connectivity index (χ1v) is 5.52. The average Bonchev–Trinajstić information content (AvgIpc) is 2.29. The van der Waals surface area contributed by atoms with Crippen molar-refractivity contribution in [1.29, 1.82) is 0 Å². The maximum Gasteiger partial charge on any atom is 0.330 e. The van der Waals surface area contributed by atoms with E-state index < -0.39 is 17.8 Å². The Balaban J connectivity index is 2.46. The van der Waals surface area contributed by atoms with Crippen molar-refractivity contribution in [3.63, 3.8) is 0 Å². The molecule has 1 atom stereocenters. The fourth-order valence-corrected chi connectivity index (χ4v) is 1.34. The summed E-state index contributed by atoms with van der Waals surface area (Å²) in [6.07, 6.45) is 0. The number of hydrazine groups is 1. The highest BCUT2D eigenvalue weighted by molar-refractivity contribution is 7.80. The van der Waals surface area contributed by atoms with Gasteiger partial charge in [0.1, 0.15) is 0 Å². The van der Waals surface area contributed by atoms with E-state index in [1.165, 1.54) is 6.92 Å². The van der Waals surface area contributed by atoms with Crippen LogP contribution in [0.4, 0.5) is 5.69 Å². The van der Waals surface area contributed by atoms with Crippen LogP contribution >= 0.6 is 12.2 Å². The molecule has 0 aliphatic carbocycles. The molecule has 0 amide bonds. The number of ketones is 1. The molecule has 0 saturated carbocycles. The minimum absolute atomic E-state index is 0.175. The van der Waals surface area contributed by atoms with Gasteiger partial charge in [-0.15, -0.1) is 0 Å². The second-order valence-corrected chi connectivity index (χ2v) is 3.88. The summed E-state index contributed by atoms with van der Waals surface area (Å²) in [5.41, 5.74) is 5.55. The number of thiocarbonyl (C=S) groups is 1. The molecule has 0 aromatic heterocycles. The Bertz CT molecular complexity index is 436. The number of rotatable bonds is 5. The van der Waals surface area contributed by atoms with Crippen LogP contribution in [0.15, 0.2) is 30.3 Å². The van der Waals surface area contributed by atoms with Crippen LogP contribution in [0.2, 0.25) is 0 Å². The molecule has 96 valence electrons. The van der Waals surface area contributed by atoms with Gasteiger partial charge in [0.15, 0.2) is 16.9 Å². The van der Waals surface area contributed by atoms with Crippen LogP contribution in [0, 0.1) is 0 Å². The number of anilines is 1. The Labute approximate surface area is 109 Å². The maximum absolute atomic E-state index is 11.0. The van der Waals surface area contributed by atoms with Crippen LogP contribution in [0.3, 0.4) is 0 Å². The van der Waals surface area contributed by atoms with Crippen molar-refractivity contribution < 1.29 is 14.7 Å². The fourth-order valence-electron chi connectivity index (χ4n) is 1.16. The van der Waals surface area contributed by atoms with Crippen molar-refractivity contribution in [2.24, 2.45) is 0 Å². The van der Waals surface area contributed by atoms with Crippen molar-refractivity contribution in [2.75, 3.05) is 5.32 Å². The summed E-state index contributed by atoms with van der Waals surface area (Å²) in [5.74, 6) is -1.78. The number of carbonyl (C=O) groups is 2. The number of carboxylic acids is 1. The van der Waals surface area contributed by atoms with E-state index >= 15 is 0 Å². The smallest absolute Gasteiger partial charge is 0.330 e. The Morgan fingerprint density at radius 2 is 1.89 bits per heavy atom. The van der Waals surface area contributed by atoms with Crippen molar-refractivity contribution in [3.05, 3.63) is 30.3 Å². The predicted octanol–water partition coefficient (Wildman–Crippen LogP) is 0.520. The molecule has 7 heteroatoms. The molecule has 0 radical (unpaired) electrons. The van der Waals surface area contributed by atoms with Gasteiger partial charge in [-0.1, -0.05) is 18.2 Å². The zero-order valence-corrected chi connectivity index (χ0v) is 10.5. The number of benzene rings is 1. The van der Waals surface area contributed by atoms with Crippen LogP contribution in [0.25, 0.3) is 0 Å². The largest absolute Gasteiger partial charge is 0.480 e. The van der Waals surface area contributed by atoms with Gasteiger partial charge in [0.05, 0.1) is 0 Å². The molecule has 0 aliphatic rings. The standard InChI is InChI=1S/C11H13N3O3S/c1-7(15)9(10(16)17)13-14-11(18)12-8-5-3-2-4-6-8/h2-6,9,13H,1H3,(H,16,17)(H2,12,14,18). The third-order valence-corrected chi connectivity index (χ3v) is 2.22. The lowest BCUT2D eigenvalue weighted by Crippen LogP contribution is -2.52. The van der Waals surface area contributed by atoms with Gasteiger partial charge in [0, 0.05) is 5.69 Å². The van der Waals surface area contributed by atoms with E-state index in [-0.39, 0.29) is 5.11 Å². The van der Waals surface area contributed by atoms with Crippen LogP contribution in [-0.4, -0.2) is 28.0 Å². The molecule has 0 bridgehead atoms. The van der Waals surface area contributed by atoms with E-state index in [9.17, 15) is 9.59 Å². The molecule has 0 fully saturated rings. The average molecular weight is 267 g/mol. The number of aliphatic carboxylic acids is 1. The molecule has 1 aromatic rings. The molecule has 0 aliphatic heterocycles. The zero-order valence-electron chi connectivity index (χ0n) is 9.64. The van der Waals surface area contributed by atoms with E-state index in [2.05, 4.69) is 16.2 Å². The summed E-state index contributed by atoms with van der Waals surface area (Å²) in [5, 5.41) is 11.8. The normalized spacial score (nSPS) is 11.4. The summed E-state index contributed by atoms with van der Waals surface area (Å²) in [6.45, 7) is 1.18. The molecular formula is C11H13N3O3S. The Kier molecular flexibility index (Phi) is 5.22. The van der Waals surface area contributed by atoms with Crippen LogP contribution in [0.5, 0.6) is 0 Å². The molecule has 6 nitrogen and oxygen atoms in total. The number of para-hydroxylation sites is 1. The van der Waals surface area contributed by atoms with Gasteiger partial charge >= 0.3 is 5.97 Å². The molecule has 0 heterocycles. The van der Waals surface area contributed by atoms with Gasteiger partial charge in [-0.05, 0) is 31.3 Å². The molecule has 1 unspecified atom stereocenters. The van der Waals surface area contributed by atoms with Crippen LogP contribution in [-0.2, 0) is 9.59 Å². The topological polar surface area (TPSA) is 90.5 Å². The van der Waals surface area contributed by atoms with E-state index in [1.807, 2.05) is 18.2 Å². The lowest BCUT2D eigenvalue weighted by Gasteiger charge is -2.15. The zero-order chi connectivity index (χ0) is 13.5. The lowest BCUT2D eigenvalue weighted by molar-refractivity contribution is -0.143. The monoisotopic (exact) mass is 267 g/mol. The summed E-state index contributed by atoms with van der Waals surface area (Å²) in [6, 6.07) is 7.78. The second kappa shape index (κ2) is 6.67. The third-order valence-electron chi connectivity index (χ3n) is 2.02. The molecular weight excluding hydrogens is 254 g/mol. The number of carbonyl (C=O) groups excluding carboxylic acids is 1. The van der Waals surface area contributed by atoms with Gasteiger partial charge in [-0.3, -0.25) is 10.2 Å². The van der Waals surface area contributed by atoms with Crippen molar-refractivity contribution in [2.45, 2.75) is 13.0 Å². The Hall–Kier alpha value is -1.99. The van der Waals surface area contributed by atoms with Gasteiger partial charge in [-0.2, -0.15) is 0 Å². The molecule has 0 spiro atoms. The summed E-state index contributed by atoms with van der Waals surface area (Å²) in [7, 11) is 0. The third kappa shape index (κ3) is 4.48. The number of hydrogen-bond acceptors (Lipinski definition) is 4. The number of Topliss-reactive ketones (excluding diaryl/α,β-unsaturated/α-hetero) is 1. The van der Waals surface area contributed by atoms with Gasteiger partial charge in [0.2, 0.25) is 0 Å². The number of nitrogens with one attached hydrogen (secondary N) is 3. The highest BCUT2D eigenvalue weighted by Gasteiger charge is 2.21. The highest BCUT2D eigenvalue weighted by atomic mass is 32.1. The van der Waals surface area contributed by atoms with E-state index in [1.54, 1.807) is 12.1 Å². The van der Waals surface area contributed by atoms with Gasteiger partial charge in [-0.25, -0.2) is 10.2 Å². The molecule has 1 rings (SSSR count). The van der Waals surface area contributed by atoms with Crippen LogP contribution in [0.1, 0.15) is 6.92 Å². The van der Waals surface area contributed by atoms with Crippen molar-refractivity contribution >= 4 is 34.8 Å². The number of carboxylic acid groups (broad SMARTS) is 1. The first-order chi connectivity index (χ1) is 8.50. The highest BCUT2D eigenvalue weighted by Crippen LogP contribution is 2.03. The van der Waals surface area contributed by atoms with Gasteiger partial charge < -0.3 is 10.4 Å². The fraction of sp³-hybridized carbons (Fsp3) is 0.182. The van der Waals surface area contributed by atoms with Crippen LogP contribution < -0.4 is 16.2 Å². The van der Waals surface area contributed by atoms with E-state index in [0.29, 0.717) is 0 Å².